The Bertz CT molecular complexity index is 1110. The highest BCUT2D eigenvalue weighted by molar-refractivity contribution is 7.16. The fourth-order valence-electron chi connectivity index (χ4n) is 2.59. The van der Waals surface area contributed by atoms with Crippen LogP contribution in [0.1, 0.15) is 5.69 Å². The molecule has 0 N–H and O–H groups in total. The zero-order chi connectivity index (χ0) is 17.2. The smallest absolute Gasteiger partial charge is 0.254 e. The van der Waals surface area contributed by atoms with Gasteiger partial charge in [-0.1, -0.05) is 53.8 Å². The summed E-state index contributed by atoms with van der Waals surface area (Å²) in [6, 6.07) is 18.0. The van der Waals surface area contributed by atoms with E-state index in [1.807, 2.05) is 71.6 Å². The number of amides is 1. The van der Waals surface area contributed by atoms with Gasteiger partial charge in [-0.2, -0.15) is 4.99 Å². The van der Waals surface area contributed by atoms with Crippen molar-refractivity contribution in [2.45, 2.75) is 6.42 Å². The molecule has 4 aromatic rings. The normalized spacial score (nSPS) is 12.0. The second kappa shape index (κ2) is 6.74. The zero-order valence-corrected chi connectivity index (χ0v) is 15.2. The molecule has 2 heterocycles. The fourth-order valence-corrected chi connectivity index (χ4v) is 4.45. The van der Waals surface area contributed by atoms with Gasteiger partial charge in [0.05, 0.1) is 22.3 Å². The van der Waals surface area contributed by atoms with E-state index in [4.69, 9.17) is 0 Å². The molecule has 4 rings (SSSR count). The van der Waals surface area contributed by atoms with Crippen LogP contribution in [-0.2, 0) is 18.3 Å². The van der Waals surface area contributed by atoms with E-state index in [1.54, 1.807) is 11.3 Å². The molecule has 6 heteroatoms. The van der Waals surface area contributed by atoms with Crippen molar-refractivity contribution in [3.8, 4) is 10.6 Å². The number of benzene rings is 2. The number of nitrogens with zero attached hydrogens (tertiary/aromatic N) is 3. The molecule has 0 radical (unpaired) electrons. The minimum absolute atomic E-state index is 0.174. The van der Waals surface area contributed by atoms with Crippen LogP contribution in [0.25, 0.3) is 20.8 Å². The van der Waals surface area contributed by atoms with Crippen LogP contribution in [0.15, 0.2) is 65.0 Å². The number of para-hydroxylation sites is 1. The molecule has 0 atom stereocenters. The summed E-state index contributed by atoms with van der Waals surface area (Å²) in [5, 5.41) is 2.86. The number of carbonyl (C=O) groups excluding carboxylic acids is 1. The summed E-state index contributed by atoms with van der Waals surface area (Å²) in [6.45, 7) is 0. The van der Waals surface area contributed by atoms with Crippen LogP contribution in [0.4, 0.5) is 0 Å². The van der Waals surface area contributed by atoms with Crippen molar-refractivity contribution < 1.29 is 4.79 Å². The van der Waals surface area contributed by atoms with Gasteiger partial charge in [-0.3, -0.25) is 4.79 Å². The van der Waals surface area contributed by atoms with Crippen molar-refractivity contribution in [2.24, 2.45) is 12.0 Å². The predicted molar refractivity (Wildman–Crippen MR) is 103 cm³/mol. The Balaban J connectivity index is 1.58. The van der Waals surface area contributed by atoms with E-state index >= 15 is 0 Å². The minimum atomic E-state index is -0.174. The first-order valence-corrected chi connectivity index (χ1v) is 9.52. The number of fused-ring (bicyclic) bond motifs is 1. The first kappa shape index (κ1) is 15.9. The van der Waals surface area contributed by atoms with Crippen molar-refractivity contribution >= 4 is 38.8 Å². The Morgan fingerprint density at radius 1 is 1.12 bits per heavy atom. The Hall–Kier alpha value is -2.57. The summed E-state index contributed by atoms with van der Waals surface area (Å²) in [5.74, 6) is -0.174. The molecule has 4 nitrogen and oxygen atoms in total. The first-order chi connectivity index (χ1) is 12.2. The van der Waals surface area contributed by atoms with E-state index in [0.717, 1.165) is 26.5 Å². The molecule has 0 saturated carbocycles. The van der Waals surface area contributed by atoms with Gasteiger partial charge in [-0.15, -0.1) is 11.3 Å². The third kappa shape index (κ3) is 3.31. The Labute approximate surface area is 152 Å². The van der Waals surface area contributed by atoms with E-state index in [1.165, 1.54) is 11.3 Å². The fraction of sp³-hybridized carbons (Fsp3) is 0.105. The SMILES string of the molecule is Cn1c(=NC(=O)Cc2csc(-c3ccccc3)n2)sc2ccccc21. The van der Waals surface area contributed by atoms with Crippen molar-refractivity contribution in [3.63, 3.8) is 0 Å². The van der Waals surface area contributed by atoms with Crippen molar-refractivity contribution in [1.29, 1.82) is 0 Å². The van der Waals surface area contributed by atoms with Crippen LogP contribution in [0, 0.1) is 0 Å². The van der Waals surface area contributed by atoms with Crippen LogP contribution < -0.4 is 4.80 Å². The number of hydrogen-bond donors (Lipinski definition) is 0. The van der Waals surface area contributed by atoms with Gasteiger partial charge in [0.15, 0.2) is 4.80 Å². The molecule has 0 unspecified atom stereocenters. The molecule has 0 spiro atoms. The molecule has 25 heavy (non-hydrogen) atoms. The lowest BCUT2D eigenvalue weighted by Crippen LogP contribution is -2.14. The third-order valence-corrected chi connectivity index (χ3v) is 5.89. The maximum atomic E-state index is 12.3. The van der Waals surface area contributed by atoms with Gasteiger partial charge in [0.2, 0.25) is 0 Å². The number of aryl methyl sites for hydroxylation is 1. The molecular weight excluding hydrogens is 350 g/mol. The Kier molecular flexibility index (Phi) is 4.29. The van der Waals surface area contributed by atoms with E-state index < -0.39 is 0 Å². The summed E-state index contributed by atoms with van der Waals surface area (Å²) in [7, 11) is 1.93. The quantitative estimate of drug-likeness (QED) is 0.550. The molecule has 0 fully saturated rings. The van der Waals surface area contributed by atoms with Crippen LogP contribution in [0.3, 0.4) is 0 Å². The predicted octanol–water partition coefficient (Wildman–Crippen LogP) is 4.03. The van der Waals surface area contributed by atoms with Crippen LogP contribution >= 0.6 is 22.7 Å². The molecule has 0 aliphatic rings. The topological polar surface area (TPSA) is 47.2 Å². The molecule has 0 bridgehead atoms. The molecular formula is C19H15N3OS2. The van der Waals surface area contributed by atoms with Crippen molar-refractivity contribution in [2.75, 3.05) is 0 Å². The molecule has 2 aromatic carbocycles. The van der Waals surface area contributed by atoms with E-state index in [9.17, 15) is 4.79 Å². The molecule has 0 saturated heterocycles. The third-order valence-electron chi connectivity index (χ3n) is 3.84. The van der Waals surface area contributed by atoms with Crippen LogP contribution in [0.2, 0.25) is 0 Å². The monoisotopic (exact) mass is 365 g/mol. The van der Waals surface area contributed by atoms with Gasteiger partial charge in [-0.25, -0.2) is 4.98 Å². The molecule has 0 aliphatic carbocycles. The van der Waals surface area contributed by atoms with E-state index in [-0.39, 0.29) is 12.3 Å². The highest BCUT2D eigenvalue weighted by atomic mass is 32.1. The number of thiazole rings is 2. The van der Waals surface area contributed by atoms with Crippen molar-refractivity contribution in [1.82, 2.24) is 9.55 Å². The number of rotatable bonds is 3. The average Bonchev–Trinajstić information content (AvgIpc) is 3.21. The Morgan fingerprint density at radius 2 is 1.88 bits per heavy atom. The maximum absolute atomic E-state index is 12.3. The van der Waals surface area contributed by atoms with Crippen LogP contribution in [-0.4, -0.2) is 15.5 Å². The highest BCUT2D eigenvalue weighted by Gasteiger charge is 2.09. The lowest BCUT2D eigenvalue weighted by atomic mass is 10.2. The second-order valence-electron chi connectivity index (χ2n) is 5.60. The molecule has 2 aromatic heterocycles. The summed E-state index contributed by atoms with van der Waals surface area (Å²) in [4.78, 5) is 21.9. The van der Waals surface area contributed by atoms with E-state index in [0.29, 0.717) is 4.80 Å². The second-order valence-corrected chi connectivity index (χ2v) is 7.47. The number of aromatic nitrogens is 2. The molecule has 1 amide bonds. The van der Waals surface area contributed by atoms with Gasteiger partial charge in [0, 0.05) is 18.0 Å². The number of hydrogen-bond acceptors (Lipinski definition) is 4. The first-order valence-electron chi connectivity index (χ1n) is 7.82. The van der Waals surface area contributed by atoms with Gasteiger partial charge < -0.3 is 4.57 Å². The molecule has 124 valence electrons. The van der Waals surface area contributed by atoms with Gasteiger partial charge in [0.1, 0.15) is 5.01 Å². The lowest BCUT2D eigenvalue weighted by Gasteiger charge is -1.95. The number of carbonyl (C=O) groups is 1. The minimum Gasteiger partial charge on any atom is -0.319 e. The van der Waals surface area contributed by atoms with Crippen LogP contribution in [0.5, 0.6) is 0 Å². The molecule has 0 aliphatic heterocycles. The zero-order valence-electron chi connectivity index (χ0n) is 13.5. The standard InChI is InChI=1S/C19H15N3OS2/c1-22-15-9-5-6-10-16(15)25-19(22)21-17(23)11-14-12-24-18(20-14)13-7-3-2-4-8-13/h2-10,12H,11H2,1H3. The summed E-state index contributed by atoms with van der Waals surface area (Å²) in [6.07, 6.45) is 0.220. The van der Waals surface area contributed by atoms with Gasteiger partial charge >= 0.3 is 0 Å². The summed E-state index contributed by atoms with van der Waals surface area (Å²) < 4.78 is 3.07. The summed E-state index contributed by atoms with van der Waals surface area (Å²) >= 11 is 3.07. The average molecular weight is 365 g/mol. The maximum Gasteiger partial charge on any atom is 0.254 e. The van der Waals surface area contributed by atoms with Gasteiger partial charge in [-0.05, 0) is 12.1 Å². The summed E-state index contributed by atoms with van der Waals surface area (Å²) in [5.41, 5.74) is 2.92. The van der Waals surface area contributed by atoms with Gasteiger partial charge in [0.25, 0.3) is 5.91 Å². The Morgan fingerprint density at radius 3 is 2.68 bits per heavy atom. The van der Waals surface area contributed by atoms with E-state index in [2.05, 4.69) is 9.98 Å². The highest BCUT2D eigenvalue weighted by Crippen LogP contribution is 2.23. The largest absolute Gasteiger partial charge is 0.319 e. The van der Waals surface area contributed by atoms with Crippen molar-refractivity contribution in [3.05, 3.63) is 70.5 Å². The lowest BCUT2D eigenvalue weighted by molar-refractivity contribution is -0.117.